The molecule has 1 N–H and O–H groups in total. The lowest BCUT2D eigenvalue weighted by molar-refractivity contribution is 0.414. The first-order chi connectivity index (χ1) is 9.63. The maximum Gasteiger partial charge on any atom is 0.118 e. The van der Waals surface area contributed by atoms with Gasteiger partial charge in [0, 0.05) is 21.8 Å². The first-order valence-corrected chi connectivity index (χ1v) is 7.94. The van der Waals surface area contributed by atoms with E-state index in [1.54, 1.807) is 7.11 Å². The molecule has 2 rings (SSSR count). The molecule has 1 heterocycles. The van der Waals surface area contributed by atoms with Gasteiger partial charge in [0.2, 0.25) is 0 Å². The summed E-state index contributed by atoms with van der Waals surface area (Å²) in [5.74, 6) is 0.903. The fraction of sp³-hybridized carbons (Fsp3) is 0.412. The van der Waals surface area contributed by atoms with E-state index in [4.69, 9.17) is 4.74 Å². The minimum atomic E-state index is 0.322. The zero-order chi connectivity index (χ0) is 14.5. The van der Waals surface area contributed by atoms with Crippen molar-refractivity contribution in [3.8, 4) is 5.75 Å². The van der Waals surface area contributed by atoms with Gasteiger partial charge in [0.15, 0.2) is 0 Å². The van der Waals surface area contributed by atoms with Gasteiger partial charge in [-0.1, -0.05) is 19.1 Å². The van der Waals surface area contributed by atoms with E-state index in [0.717, 1.165) is 12.2 Å². The van der Waals surface area contributed by atoms with Gasteiger partial charge in [-0.15, -0.1) is 11.3 Å². The lowest BCUT2D eigenvalue weighted by atomic mass is 10.1. The van der Waals surface area contributed by atoms with Crippen molar-refractivity contribution in [1.82, 2.24) is 5.32 Å². The standard InChI is InChI=1S/C17H23NOS/c1-5-16-10-11-17(20-16)13(3)18-12(2)14-6-8-15(19-4)9-7-14/h6-13,18H,5H2,1-4H3/t12-,13?/m1/s1. The Balaban J connectivity index is 2.00. The Kier molecular flexibility index (Phi) is 5.21. The highest BCUT2D eigenvalue weighted by molar-refractivity contribution is 7.12. The molecule has 2 atom stereocenters. The average molecular weight is 289 g/mol. The number of rotatable bonds is 6. The second kappa shape index (κ2) is 6.91. The maximum atomic E-state index is 5.20. The van der Waals surface area contributed by atoms with E-state index in [0.29, 0.717) is 12.1 Å². The number of ether oxygens (including phenoxy) is 1. The number of methoxy groups -OCH3 is 1. The molecule has 0 aliphatic carbocycles. The van der Waals surface area contributed by atoms with Crippen molar-refractivity contribution in [2.75, 3.05) is 7.11 Å². The topological polar surface area (TPSA) is 21.3 Å². The zero-order valence-electron chi connectivity index (χ0n) is 12.6. The molecule has 108 valence electrons. The molecule has 20 heavy (non-hydrogen) atoms. The molecule has 0 bridgehead atoms. The molecule has 0 spiro atoms. The van der Waals surface area contributed by atoms with Crippen molar-refractivity contribution < 1.29 is 4.74 Å². The van der Waals surface area contributed by atoms with E-state index in [9.17, 15) is 0 Å². The van der Waals surface area contributed by atoms with Crippen molar-refractivity contribution >= 4 is 11.3 Å². The predicted molar refractivity (Wildman–Crippen MR) is 86.7 cm³/mol. The third kappa shape index (κ3) is 3.62. The Labute approximate surface area is 125 Å². The van der Waals surface area contributed by atoms with Crippen LogP contribution in [0.3, 0.4) is 0 Å². The average Bonchev–Trinajstić information content (AvgIpc) is 2.96. The van der Waals surface area contributed by atoms with Gasteiger partial charge in [0.25, 0.3) is 0 Å². The van der Waals surface area contributed by atoms with Crippen LogP contribution >= 0.6 is 11.3 Å². The minimum Gasteiger partial charge on any atom is -0.497 e. The minimum absolute atomic E-state index is 0.322. The van der Waals surface area contributed by atoms with Crippen LogP contribution in [0.15, 0.2) is 36.4 Å². The van der Waals surface area contributed by atoms with Crippen LogP contribution in [-0.4, -0.2) is 7.11 Å². The lowest BCUT2D eigenvalue weighted by Crippen LogP contribution is -2.21. The molecule has 0 aliphatic rings. The Morgan fingerprint density at radius 3 is 2.30 bits per heavy atom. The second-order valence-electron chi connectivity index (χ2n) is 5.04. The SMILES string of the molecule is CCc1ccc(C(C)N[C@H](C)c2ccc(OC)cc2)s1. The highest BCUT2D eigenvalue weighted by Gasteiger charge is 2.12. The quantitative estimate of drug-likeness (QED) is 0.830. The lowest BCUT2D eigenvalue weighted by Gasteiger charge is -2.19. The second-order valence-corrected chi connectivity index (χ2v) is 6.24. The molecule has 0 amide bonds. The van der Waals surface area contributed by atoms with E-state index in [2.05, 4.69) is 50.4 Å². The van der Waals surface area contributed by atoms with E-state index in [1.165, 1.54) is 15.3 Å². The van der Waals surface area contributed by atoms with Crippen LogP contribution in [0.1, 0.15) is 48.2 Å². The number of nitrogens with one attached hydrogen (secondary N) is 1. The Hall–Kier alpha value is -1.32. The molecular weight excluding hydrogens is 266 g/mol. The van der Waals surface area contributed by atoms with Crippen LogP contribution in [0.25, 0.3) is 0 Å². The zero-order valence-corrected chi connectivity index (χ0v) is 13.5. The van der Waals surface area contributed by atoms with Gasteiger partial charge in [0.1, 0.15) is 5.75 Å². The summed E-state index contributed by atoms with van der Waals surface area (Å²) in [6, 6.07) is 13.4. The largest absolute Gasteiger partial charge is 0.497 e. The summed E-state index contributed by atoms with van der Waals surface area (Å²) in [6.45, 7) is 6.63. The molecule has 1 aromatic carbocycles. The van der Waals surface area contributed by atoms with Gasteiger partial charge in [0.05, 0.1) is 7.11 Å². The van der Waals surface area contributed by atoms with E-state index < -0.39 is 0 Å². The van der Waals surface area contributed by atoms with Crippen LogP contribution < -0.4 is 10.1 Å². The predicted octanol–water partition coefficient (Wildman–Crippen LogP) is 4.73. The van der Waals surface area contributed by atoms with E-state index in [1.807, 2.05) is 23.5 Å². The summed E-state index contributed by atoms with van der Waals surface area (Å²) in [5, 5.41) is 3.66. The van der Waals surface area contributed by atoms with Gasteiger partial charge in [-0.25, -0.2) is 0 Å². The van der Waals surface area contributed by atoms with Crippen molar-refractivity contribution in [2.24, 2.45) is 0 Å². The molecule has 2 nitrogen and oxygen atoms in total. The van der Waals surface area contributed by atoms with Crippen molar-refractivity contribution in [1.29, 1.82) is 0 Å². The molecule has 0 saturated heterocycles. The Bertz CT molecular complexity index is 532. The van der Waals surface area contributed by atoms with Gasteiger partial charge < -0.3 is 10.1 Å². The highest BCUT2D eigenvalue weighted by atomic mass is 32.1. The van der Waals surface area contributed by atoms with Crippen LogP contribution in [0.4, 0.5) is 0 Å². The monoisotopic (exact) mass is 289 g/mol. The summed E-state index contributed by atoms with van der Waals surface area (Å²) >= 11 is 1.90. The number of thiophene rings is 1. The first-order valence-electron chi connectivity index (χ1n) is 7.12. The molecular formula is C17H23NOS. The van der Waals surface area contributed by atoms with Gasteiger partial charge in [-0.3, -0.25) is 0 Å². The molecule has 1 unspecified atom stereocenters. The third-order valence-corrected chi connectivity index (χ3v) is 4.99. The van der Waals surface area contributed by atoms with Crippen LogP contribution in [0, 0.1) is 0 Å². The number of hydrogen-bond donors (Lipinski definition) is 1. The summed E-state index contributed by atoms with van der Waals surface area (Å²) in [5.41, 5.74) is 1.28. The molecule has 3 heteroatoms. The molecule has 0 fully saturated rings. The van der Waals surface area contributed by atoms with Crippen LogP contribution in [0.5, 0.6) is 5.75 Å². The summed E-state index contributed by atoms with van der Waals surface area (Å²) in [7, 11) is 1.70. The van der Waals surface area contributed by atoms with Crippen LogP contribution in [0.2, 0.25) is 0 Å². The Morgan fingerprint density at radius 1 is 1.05 bits per heavy atom. The number of aryl methyl sites for hydroxylation is 1. The molecule has 0 radical (unpaired) electrons. The highest BCUT2D eigenvalue weighted by Crippen LogP contribution is 2.26. The van der Waals surface area contributed by atoms with E-state index >= 15 is 0 Å². The fourth-order valence-electron chi connectivity index (χ4n) is 2.26. The third-order valence-electron chi connectivity index (χ3n) is 3.57. The molecule has 0 aliphatic heterocycles. The number of benzene rings is 1. The maximum absolute atomic E-state index is 5.20. The van der Waals surface area contributed by atoms with Gasteiger partial charge >= 0.3 is 0 Å². The van der Waals surface area contributed by atoms with Gasteiger partial charge in [-0.2, -0.15) is 0 Å². The number of hydrogen-bond acceptors (Lipinski definition) is 3. The molecule has 1 aromatic heterocycles. The molecule has 0 saturated carbocycles. The van der Waals surface area contributed by atoms with E-state index in [-0.39, 0.29) is 0 Å². The first kappa shape index (κ1) is 15.1. The summed E-state index contributed by atoms with van der Waals surface area (Å²) in [6.07, 6.45) is 1.12. The van der Waals surface area contributed by atoms with Crippen molar-refractivity contribution in [2.45, 2.75) is 39.3 Å². The van der Waals surface area contributed by atoms with Gasteiger partial charge in [-0.05, 0) is 50.1 Å². The summed E-state index contributed by atoms with van der Waals surface area (Å²) in [4.78, 5) is 2.85. The Morgan fingerprint density at radius 2 is 1.75 bits per heavy atom. The van der Waals surface area contributed by atoms with Crippen molar-refractivity contribution in [3.05, 3.63) is 51.7 Å². The fourth-order valence-corrected chi connectivity index (χ4v) is 3.23. The smallest absolute Gasteiger partial charge is 0.118 e. The normalized spacial score (nSPS) is 14.0. The molecule has 2 aromatic rings. The van der Waals surface area contributed by atoms with Crippen molar-refractivity contribution in [3.63, 3.8) is 0 Å². The summed E-state index contributed by atoms with van der Waals surface area (Å²) < 4.78 is 5.20. The van der Waals surface area contributed by atoms with Crippen LogP contribution in [-0.2, 0) is 6.42 Å².